The highest BCUT2D eigenvalue weighted by Gasteiger charge is 2.46. The Morgan fingerprint density at radius 3 is 2.57 bits per heavy atom. The first kappa shape index (κ1) is 18.6. The maximum atomic E-state index is 14.0. The number of hydrogen-bond acceptors (Lipinski definition) is 3. The van der Waals surface area contributed by atoms with Gasteiger partial charge in [-0.1, -0.05) is 48.5 Å². The van der Waals surface area contributed by atoms with Crippen LogP contribution in [0.25, 0.3) is 0 Å². The van der Waals surface area contributed by atoms with Crippen LogP contribution >= 0.6 is 0 Å². The van der Waals surface area contributed by atoms with E-state index >= 15 is 0 Å². The van der Waals surface area contributed by atoms with Gasteiger partial charge < -0.3 is 10.6 Å². The fraction of sp³-hybridized carbons (Fsp3) is 0.364. The van der Waals surface area contributed by atoms with Crippen molar-refractivity contribution < 1.29 is 14.0 Å². The number of piperazine rings is 1. The molecule has 5 nitrogen and oxygen atoms in total. The molecule has 2 aromatic carbocycles. The maximum Gasteiger partial charge on any atom is 0.237 e. The van der Waals surface area contributed by atoms with Gasteiger partial charge in [-0.15, -0.1) is 0 Å². The highest BCUT2D eigenvalue weighted by molar-refractivity contribution is 5.89. The Labute approximate surface area is 163 Å². The summed E-state index contributed by atoms with van der Waals surface area (Å²) in [6, 6.07) is 15.9. The van der Waals surface area contributed by atoms with Gasteiger partial charge in [0.05, 0.1) is 18.0 Å². The van der Waals surface area contributed by atoms with Crippen molar-refractivity contribution in [3.8, 4) is 0 Å². The molecule has 2 N–H and O–H groups in total. The van der Waals surface area contributed by atoms with Crippen LogP contribution in [-0.4, -0.2) is 35.8 Å². The van der Waals surface area contributed by atoms with Crippen molar-refractivity contribution in [3.05, 3.63) is 71.5 Å². The molecule has 2 aromatic rings. The van der Waals surface area contributed by atoms with Crippen LogP contribution in [0, 0.1) is 5.82 Å². The largest absolute Gasteiger partial charge is 0.353 e. The van der Waals surface area contributed by atoms with E-state index in [-0.39, 0.29) is 29.6 Å². The average molecular weight is 381 g/mol. The fourth-order valence-corrected chi connectivity index (χ4v) is 3.88. The first-order valence-electron chi connectivity index (χ1n) is 9.69. The molecule has 146 valence electrons. The van der Waals surface area contributed by atoms with E-state index < -0.39 is 6.04 Å². The summed E-state index contributed by atoms with van der Waals surface area (Å²) in [6.07, 6.45) is 1.87. The van der Waals surface area contributed by atoms with Crippen molar-refractivity contribution in [2.24, 2.45) is 0 Å². The number of nitrogens with one attached hydrogen (secondary N) is 2. The van der Waals surface area contributed by atoms with Crippen molar-refractivity contribution in [2.75, 3.05) is 13.1 Å². The Balaban J connectivity index is 1.44. The minimum absolute atomic E-state index is 0.0644. The number of amides is 2. The van der Waals surface area contributed by atoms with Gasteiger partial charge in [0.15, 0.2) is 0 Å². The molecule has 0 bridgehead atoms. The summed E-state index contributed by atoms with van der Waals surface area (Å²) in [5, 5.41) is 5.95. The lowest BCUT2D eigenvalue weighted by atomic mass is 10.0. The Morgan fingerprint density at radius 2 is 1.86 bits per heavy atom. The van der Waals surface area contributed by atoms with E-state index in [0.717, 1.165) is 18.4 Å². The molecule has 0 unspecified atom stereocenters. The topological polar surface area (TPSA) is 61.4 Å². The number of rotatable bonds is 6. The van der Waals surface area contributed by atoms with Gasteiger partial charge in [-0.3, -0.25) is 14.5 Å². The van der Waals surface area contributed by atoms with Crippen molar-refractivity contribution in [1.29, 1.82) is 0 Å². The molecule has 28 heavy (non-hydrogen) atoms. The summed E-state index contributed by atoms with van der Waals surface area (Å²) in [4.78, 5) is 27.1. The van der Waals surface area contributed by atoms with Crippen LogP contribution in [0.2, 0.25) is 0 Å². The van der Waals surface area contributed by atoms with Crippen LogP contribution in [0.5, 0.6) is 0 Å². The van der Waals surface area contributed by atoms with E-state index in [1.54, 1.807) is 18.2 Å². The quantitative estimate of drug-likeness (QED) is 0.807. The van der Waals surface area contributed by atoms with E-state index in [4.69, 9.17) is 0 Å². The molecule has 2 aliphatic rings. The van der Waals surface area contributed by atoms with E-state index in [1.165, 1.54) is 6.07 Å². The molecule has 1 saturated heterocycles. The first-order chi connectivity index (χ1) is 13.6. The second kappa shape index (κ2) is 7.72. The smallest absolute Gasteiger partial charge is 0.237 e. The molecule has 0 aromatic heterocycles. The molecule has 4 rings (SSSR count). The van der Waals surface area contributed by atoms with E-state index in [2.05, 4.69) is 10.6 Å². The Kier molecular flexibility index (Phi) is 5.13. The molecule has 1 aliphatic carbocycles. The van der Waals surface area contributed by atoms with Crippen molar-refractivity contribution in [3.63, 3.8) is 0 Å². The molecular formula is C22H24FN3O2. The van der Waals surface area contributed by atoms with Crippen LogP contribution in [0.15, 0.2) is 54.6 Å². The first-order valence-corrected chi connectivity index (χ1v) is 9.69. The van der Waals surface area contributed by atoms with Gasteiger partial charge in [0.1, 0.15) is 5.82 Å². The number of benzene rings is 2. The van der Waals surface area contributed by atoms with Crippen molar-refractivity contribution in [1.82, 2.24) is 15.5 Å². The van der Waals surface area contributed by atoms with Crippen LogP contribution in [0.1, 0.15) is 30.4 Å². The summed E-state index contributed by atoms with van der Waals surface area (Å²) < 4.78 is 14.0. The van der Waals surface area contributed by atoms with Crippen LogP contribution in [0.3, 0.4) is 0 Å². The Morgan fingerprint density at radius 1 is 1.14 bits per heavy atom. The average Bonchev–Trinajstić information content (AvgIpc) is 3.47. The SMILES string of the molecule is O=C(C[C@@H]1C(=O)NCCN1Cc1ccccc1F)NC1(c2ccccc2)CC1. The van der Waals surface area contributed by atoms with Gasteiger partial charge >= 0.3 is 0 Å². The number of carbonyl (C=O) groups is 2. The summed E-state index contributed by atoms with van der Waals surface area (Å²) in [6.45, 7) is 1.39. The molecule has 1 aliphatic heterocycles. The zero-order valence-electron chi connectivity index (χ0n) is 15.7. The molecule has 1 heterocycles. The predicted octanol–water partition coefficient (Wildman–Crippen LogP) is 2.32. The summed E-state index contributed by atoms with van der Waals surface area (Å²) in [5.74, 6) is -0.623. The highest BCUT2D eigenvalue weighted by Crippen LogP contribution is 2.45. The molecule has 2 amide bonds. The summed E-state index contributed by atoms with van der Waals surface area (Å²) in [5.41, 5.74) is 1.32. The second-order valence-electron chi connectivity index (χ2n) is 7.57. The fourth-order valence-electron chi connectivity index (χ4n) is 3.88. The Bertz CT molecular complexity index is 867. The lowest BCUT2D eigenvalue weighted by Gasteiger charge is -2.35. The van der Waals surface area contributed by atoms with Crippen molar-refractivity contribution >= 4 is 11.8 Å². The van der Waals surface area contributed by atoms with Gasteiger partial charge in [0, 0.05) is 25.2 Å². The predicted molar refractivity (Wildman–Crippen MR) is 104 cm³/mol. The van der Waals surface area contributed by atoms with Gasteiger partial charge in [-0.05, 0) is 24.5 Å². The molecule has 1 saturated carbocycles. The molecule has 2 fully saturated rings. The number of carbonyl (C=O) groups excluding carboxylic acids is 2. The lowest BCUT2D eigenvalue weighted by Crippen LogP contribution is -2.56. The third-order valence-corrected chi connectivity index (χ3v) is 5.61. The van der Waals surface area contributed by atoms with Gasteiger partial charge in [-0.25, -0.2) is 4.39 Å². The van der Waals surface area contributed by atoms with Gasteiger partial charge in [0.2, 0.25) is 11.8 Å². The third-order valence-electron chi connectivity index (χ3n) is 5.61. The maximum absolute atomic E-state index is 14.0. The van der Waals surface area contributed by atoms with Crippen LogP contribution < -0.4 is 10.6 Å². The molecule has 6 heteroatoms. The Hall–Kier alpha value is -2.73. The summed E-state index contributed by atoms with van der Waals surface area (Å²) in [7, 11) is 0. The second-order valence-corrected chi connectivity index (χ2v) is 7.57. The van der Waals surface area contributed by atoms with E-state index in [0.29, 0.717) is 25.2 Å². The number of nitrogens with zero attached hydrogens (tertiary/aromatic N) is 1. The molecule has 1 atom stereocenters. The van der Waals surface area contributed by atoms with Gasteiger partial charge in [0.25, 0.3) is 0 Å². The highest BCUT2D eigenvalue weighted by atomic mass is 19.1. The minimum atomic E-state index is -0.597. The van der Waals surface area contributed by atoms with Crippen LogP contribution in [0.4, 0.5) is 4.39 Å². The lowest BCUT2D eigenvalue weighted by molar-refractivity contribution is -0.134. The van der Waals surface area contributed by atoms with Crippen LogP contribution in [-0.2, 0) is 21.7 Å². The number of halogens is 1. The van der Waals surface area contributed by atoms with E-state index in [9.17, 15) is 14.0 Å². The monoisotopic (exact) mass is 381 g/mol. The number of hydrogen-bond donors (Lipinski definition) is 2. The zero-order valence-corrected chi connectivity index (χ0v) is 15.7. The molecular weight excluding hydrogens is 357 g/mol. The molecule has 0 radical (unpaired) electrons. The minimum Gasteiger partial charge on any atom is -0.353 e. The van der Waals surface area contributed by atoms with E-state index in [1.807, 2.05) is 35.2 Å². The zero-order chi connectivity index (χ0) is 19.6. The molecule has 0 spiro atoms. The summed E-state index contributed by atoms with van der Waals surface area (Å²) >= 11 is 0. The van der Waals surface area contributed by atoms with Gasteiger partial charge in [-0.2, -0.15) is 0 Å². The third kappa shape index (κ3) is 3.92. The normalized spacial score (nSPS) is 21.0. The van der Waals surface area contributed by atoms with Crippen molar-refractivity contribution in [2.45, 2.75) is 37.4 Å². The standard InChI is InChI=1S/C22H24FN3O2/c23-18-9-5-4-6-16(18)15-26-13-12-24-21(28)19(26)14-20(27)25-22(10-11-22)17-7-2-1-3-8-17/h1-9,19H,10-15H2,(H,24,28)(H,25,27)/t19-/m1/s1.